The number of benzene rings is 1. The zero-order valence-electron chi connectivity index (χ0n) is 11.5. The van der Waals surface area contributed by atoms with Crippen LogP contribution in [0.5, 0.6) is 0 Å². The molecule has 1 aliphatic heterocycles. The van der Waals surface area contributed by atoms with Gasteiger partial charge < -0.3 is 9.64 Å². The van der Waals surface area contributed by atoms with Crippen LogP contribution in [0.25, 0.3) is 0 Å². The van der Waals surface area contributed by atoms with Gasteiger partial charge in [0.2, 0.25) is 0 Å². The fraction of sp³-hybridized carbons (Fsp3) is 0.333. The van der Waals surface area contributed by atoms with Gasteiger partial charge in [-0.3, -0.25) is 4.68 Å². The second-order valence-corrected chi connectivity index (χ2v) is 4.88. The molecule has 3 rings (SSSR count). The minimum absolute atomic E-state index is 0.294. The number of aromatic nitrogens is 2. The van der Waals surface area contributed by atoms with Gasteiger partial charge in [0, 0.05) is 31.2 Å². The van der Waals surface area contributed by atoms with E-state index in [0.717, 1.165) is 18.8 Å². The van der Waals surface area contributed by atoms with Crippen molar-refractivity contribution in [3.8, 4) is 0 Å². The summed E-state index contributed by atoms with van der Waals surface area (Å²) in [6, 6.07) is 7.63. The van der Waals surface area contributed by atoms with E-state index in [1.807, 2.05) is 35.1 Å². The van der Waals surface area contributed by atoms with E-state index in [-0.39, 0.29) is 5.97 Å². The lowest BCUT2D eigenvalue weighted by Crippen LogP contribution is -2.38. The summed E-state index contributed by atoms with van der Waals surface area (Å²) < 4.78 is 6.68. The summed E-state index contributed by atoms with van der Waals surface area (Å²) in [5.74, 6) is -0.294. The van der Waals surface area contributed by atoms with Crippen LogP contribution in [-0.4, -0.2) is 35.9 Å². The topological polar surface area (TPSA) is 47.4 Å². The molecule has 2 heterocycles. The monoisotopic (exact) mass is 271 g/mol. The highest BCUT2D eigenvalue weighted by atomic mass is 16.5. The van der Waals surface area contributed by atoms with Crippen LogP contribution in [-0.2, 0) is 11.3 Å². The Labute approximate surface area is 117 Å². The molecule has 0 radical (unpaired) electrons. The third-order valence-corrected chi connectivity index (χ3v) is 3.59. The Morgan fingerprint density at radius 1 is 1.40 bits per heavy atom. The van der Waals surface area contributed by atoms with Gasteiger partial charge in [-0.15, -0.1) is 0 Å². The standard InChI is InChI=1S/C15H17N3O2/c1-20-15(19)12-4-5-13(11-18-9-2-6-16-18)14(10-12)17-7-3-8-17/h2,4-6,9-10H,3,7-8,11H2,1H3. The molecule has 5 heteroatoms. The number of esters is 1. The van der Waals surface area contributed by atoms with Crippen molar-refractivity contribution >= 4 is 11.7 Å². The van der Waals surface area contributed by atoms with E-state index < -0.39 is 0 Å². The molecule has 20 heavy (non-hydrogen) atoms. The lowest BCUT2D eigenvalue weighted by atomic mass is 10.0. The predicted octanol–water partition coefficient (Wildman–Crippen LogP) is 1.93. The molecule has 2 aromatic rings. The van der Waals surface area contributed by atoms with E-state index in [1.165, 1.54) is 19.1 Å². The summed E-state index contributed by atoms with van der Waals surface area (Å²) in [5, 5.41) is 4.24. The highest BCUT2D eigenvalue weighted by Gasteiger charge is 2.20. The second-order valence-electron chi connectivity index (χ2n) is 4.88. The van der Waals surface area contributed by atoms with Crippen LogP contribution in [0.4, 0.5) is 5.69 Å². The maximum Gasteiger partial charge on any atom is 0.337 e. The summed E-state index contributed by atoms with van der Waals surface area (Å²) >= 11 is 0. The van der Waals surface area contributed by atoms with Crippen molar-refractivity contribution in [3.63, 3.8) is 0 Å². The molecule has 1 aliphatic rings. The van der Waals surface area contributed by atoms with Crippen molar-refractivity contribution in [2.75, 3.05) is 25.1 Å². The van der Waals surface area contributed by atoms with Gasteiger partial charge >= 0.3 is 5.97 Å². The minimum atomic E-state index is -0.294. The van der Waals surface area contributed by atoms with Gasteiger partial charge in [-0.1, -0.05) is 6.07 Å². The molecule has 1 saturated heterocycles. The van der Waals surface area contributed by atoms with E-state index in [1.54, 1.807) is 6.20 Å². The Morgan fingerprint density at radius 2 is 2.25 bits per heavy atom. The normalized spacial score (nSPS) is 13.9. The fourth-order valence-corrected chi connectivity index (χ4v) is 2.36. The lowest BCUT2D eigenvalue weighted by Gasteiger charge is -2.35. The van der Waals surface area contributed by atoms with Crippen molar-refractivity contribution < 1.29 is 9.53 Å². The molecule has 0 atom stereocenters. The number of hydrogen-bond acceptors (Lipinski definition) is 4. The fourth-order valence-electron chi connectivity index (χ4n) is 2.36. The molecule has 104 valence electrons. The predicted molar refractivity (Wildman–Crippen MR) is 75.9 cm³/mol. The summed E-state index contributed by atoms with van der Waals surface area (Å²) in [5.41, 5.74) is 2.87. The maximum atomic E-state index is 11.7. The molecule has 0 bridgehead atoms. The van der Waals surface area contributed by atoms with Gasteiger partial charge in [0.25, 0.3) is 0 Å². The SMILES string of the molecule is COC(=O)c1ccc(Cn2cccn2)c(N2CCC2)c1. The lowest BCUT2D eigenvalue weighted by molar-refractivity contribution is 0.0600. The molecule has 0 saturated carbocycles. The number of nitrogens with zero attached hydrogens (tertiary/aromatic N) is 3. The number of hydrogen-bond donors (Lipinski definition) is 0. The summed E-state index contributed by atoms with van der Waals surface area (Å²) in [7, 11) is 1.41. The van der Waals surface area contributed by atoms with Crippen LogP contribution in [0, 0.1) is 0 Å². The first-order valence-electron chi connectivity index (χ1n) is 6.71. The van der Waals surface area contributed by atoms with Crippen molar-refractivity contribution in [3.05, 3.63) is 47.8 Å². The molecule has 0 amide bonds. The third-order valence-electron chi connectivity index (χ3n) is 3.59. The second kappa shape index (κ2) is 5.36. The maximum absolute atomic E-state index is 11.7. The number of carbonyl (C=O) groups excluding carboxylic acids is 1. The molecule has 1 aromatic heterocycles. The van der Waals surface area contributed by atoms with Gasteiger partial charge in [0.15, 0.2) is 0 Å². The number of methoxy groups -OCH3 is 1. The largest absolute Gasteiger partial charge is 0.465 e. The average Bonchev–Trinajstić information content (AvgIpc) is 2.90. The van der Waals surface area contributed by atoms with Gasteiger partial charge in [-0.2, -0.15) is 5.10 Å². The summed E-state index contributed by atoms with van der Waals surface area (Å²) in [4.78, 5) is 13.9. The minimum Gasteiger partial charge on any atom is -0.465 e. The Hall–Kier alpha value is -2.30. The van der Waals surface area contributed by atoms with Crippen LogP contribution >= 0.6 is 0 Å². The van der Waals surface area contributed by atoms with Crippen LogP contribution in [0.15, 0.2) is 36.7 Å². The number of rotatable bonds is 4. The van der Waals surface area contributed by atoms with Gasteiger partial charge in [-0.25, -0.2) is 4.79 Å². The van der Waals surface area contributed by atoms with E-state index in [0.29, 0.717) is 12.1 Å². The zero-order valence-corrected chi connectivity index (χ0v) is 11.5. The Balaban J connectivity index is 1.93. The zero-order chi connectivity index (χ0) is 13.9. The molecule has 5 nitrogen and oxygen atoms in total. The first-order chi connectivity index (χ1) is 9.78. The van der Waals surface area contributed by atoms with Crippen molar-refractivity contribution in [1.82, 2.24) is 9.78 Å². The smallest absolute Gasteiger partial charge is 0.337 e. The Kier molecular flexibility index (Phi) is 3.41. The van der Waals surface area contributed by atoms with E-state index >= 15 is 0 Å². The van der Waals surface area contributed by atoms with Crippen LogP contribution < -0.4 is 4.90 Å². The van der Waals surface area contributed by atoms with Crippen molar-refractivity contribution in [2.24, 2.45) is 0 Å². The first-order valence-corrected chi connectivity index (χ1v) is 6.71. The van der Waals surface area contributed by atoms with E-state index in [9.17, 15) is 4.79 Å². The third kappa shape index (κ3) is 2.39. The van der Waals surface area contributed by atoms with E-state index in [4.69, 9.17) is 4.74 Å². The van der Waals surface area contributed by atoms with Gasteiger partial charge in [-0.05, 0) is 30.2 Å². The van der Waals surface area contributed by atoms with Crippen molar-refractivity contribution in [2.45, 2.75) is 13.0 Å². The molecule has 1 aromatic carbocycles. The molecule has 1 fully saturated rings. The van der Waals surface area contributed by atoms with Crippen molar-refractivity contribution in [1.29, 1.82) is 0 Å². The molecular weight excluding hydrogens is 254 g/mol. The van der Waals surface area contributed by atoms with Gasteiger partial charge in [0.05, 0.1) is 19.2 Å². The van der Waals surface area contributed by atoms with Gasteiger partial charge in [0.1, 0.15) is 0 Å². The Bertz CT molecular complexity index is 604. The molecule has 0 aliphatic carbocycles. The summed E-state index contributed by atoms with van der Waals surface area (Å²) in [6.07, 6.45) is 4.91. The Morgan fingerprint density at radius 3 is 2.85 bits per heavy atom. The highest BCUT2D eigenvalue weighted by molar-refractivity contribution is 5.90. The first kappa shape index (κ1) is 12.7. The molecular formula is C15H17N3O2. The van der Waals surface area contributed by atoms with Crippen LogP contribution in [0.2, 0.25) is 0 Å². The number of ether oxygens (including phenoxy) is 1. The highest BCUT2D eigenvalue weighted by Crippen LogP contribution is 2.27. The molecule has 0 N–H and O–H groups in total. The van der Waals surface area contributed by atoms with Crippen LogP contribution in [0.3, 0.4) is 0 Å². The number of anilines is 1. The molecule has 0 unspecified atom stereocenters. The quantitative estimate of drug-likeness (QED) is 0.797. The summed E-state index contributed by atoms with van der Waals surface area (Å²) in [6.45, 7) is 2.79. The number of carbonyl (C=O) groups is 1. The molecule has 0 spiro atoms. The average molecular weight is 271 g/mol. The van der Waals surface area contributed by atoms with Crippen LogP contribution in [0.1, 0.15) is 22.3 Å². The van der Waals surface area contributed by atoms with E-state index in [2.05, 4.69) is 10.00 Å².